The first-order chi connectivity index (χ1) is 10.6. The van der Waals surface area contributed by atoms with Crippen LogP contribution in [0.3, 0.4) is 0 Å². The summed E-state index contributed by atoms with van der Waals surface area (Å²) in [5.74, 6) is 1.93. The molecule has 0 heterocycles. The molecule has 0 saturated heterocycles. The molecule has 22 heavy (non-hydrogen) atoms. The third-order valence-electron chi connectivity index (χ3n) is 3.54. The van der Waals surface area contributed by atoms with Gasteiger partial charge >= 0.3 is 0 Å². The zero-order chi connectivity index (χ0) is 16.1. The lowest BCUT2D eigenvalue weighted by molar-refractivity contribution is 0.0989. The zero-order valence-electron chi connectivity index (χ0n) is 13.3. The average molecular weight is 300 g/mol. The Labute approximate surface area is 130 Å². The third-order valence-corrected chi connectivity index (χ3v) is 3.54. The average Bonchev–Trinajstić information content (AvgIpc) is 2.55. The van der Waals surface area contributed by atoms with E-state index in [-0.39, 0.29) is 12.2 Å². The topological polar surface area (TPSA) is 44.8 Å². The zero-order valence-corrected chi connectivity index (χ0v) is 13.3. The van der Waals surface area contributed by atoms with Gasteiger partial charge in [-0.15, -0.1) is 0 Å². The lowest BCUT2D eigenvalue weighted by Crippen LogP contribution is -2.06. The number of benzene rings is 2. The summed E-state index contributed by atoms with van der Waals surface area (Å²) in [5.41, 5.74) is 2.45. The highest BCUT2D eigenvalue weighted by atomic mass is 16.5. The monoisotopic (exact) mass is 300 g/mol. The van der Waals surface area contributed by atoms with Crippen molar-refractivity contribution >= 4 is 5.78 Å². The molecular formula is C18H20O4. The van der Waals surface area contributed by atoms with Gasteiger partial charge in [-0.25, -0.2) is 0 Å². The maximum absolute atomic E-state index is 12.6. The molecule has 0 radical (unpaired) electrons. The van der Waals surface area contributed by atoms with Crippen LogP contribution in [0.1, 0.15) is 21.5 Å². The molecule has 0 bridgehead atoms. The number of carbonyl (C=O) groups is 1. The minimum absolute atomic E-state index is 0.0262. The van der Waals surface area contributed by atoms with Crippen LogP contribution < -0.4 is 14.2 Å². The van der Waals surface area contributed by atoms with Crippen molar-refractivity contribution < 1.29 is 19.0 Å². The van der Waals surface area contributed by atoms with Gasteiger partial charge in [-0.2, -0.15) is 0 Å². The Balaban J connectivity index is 2.29. The summed E-state index contributed by atoms with van der Waals surface area (Å²) in [5, 5.41) is 0. The molecule has 2 rings (SSSR count). The Bertz CT molecular complexity index is 677. The van der Waals surface area contributed by atoms with Crippen molar-refractivity contribution in [1.29, 1.82) is 0 Å². The lowest BCUT2D eigenvalue weighted by atomic mass is 10.0. The molecule has 0 unspecified atom stereocenters. The largest absolute Gasteiger partial charge is 0.497 e. The number of hydrogen-bond donors (Lipinski definition) is 0. The standard InChI is InChI=1S/C18H20O4/c1-12-5-6-13(10-18(12)22-4)9-16(19)15-11-14(20-2)7-8-17(15)21-3/h5-8,10-11H,9H2,1-4H3. The van der Waals surface area contributed by atoms with Gasteiger partial charge in [0.15, 0.2) is 5.78 Å². The van der Waals surface area contributed by atoms with Crippen LogP contribution in [0.2, 0.25) is 0 Å². The molecule has 0 atom stereocenters. The van der Waals surface area contributed by atoms with Crippen LogP contribution >= 0.6 is 0 Å². The number of methoxy groups -OCH3 is 3. The van der Waals surface area contributed by atoms with Crippen molar-refractivity contribution in [2.75, 3.05) is 21.3 Å². The van der Waals surface area contributed by atoms with E-state index < -0.39 is 0 Å². The molecule has 0 aliphatic heterocycles. The van der Waals surface area contributed by atoms with Crippen LogP contribution in [0.4, 0.5) is 0 Å². The number of ketones is 1. The normalized spacial score (nSPS) is 10.2. The van der Waals surface area contributed by atoms with Gasteiger partial charge in [0.1, 0.15) is 17.2 Å². The van der Waals surface area contributed by atoms with Crippen LogP contribution in [0.15, 0.2) is 36.4 Å². The number of Topliss-reactive ketones (excluding diaryl/α,β-unsaturated/α-hetero) is 1. The van der Waals surface area contributed by atoms with Gasteiger partial charge in [-0.1, -0.05) is 12.1 Å². The van der Waals surface area contributed by atoms with Crippen LogP contribution in [-0.4, -0.2) is 27.1 Å². The van der Waals surface area contributed by atoms with Crippen LogP contribution in [0, 0.1) is 6.92 Å². The summed E-state index contributed by atoms with van der Waals surface area (Å²) in [7, 11) is 4.74. The number of carbonyl (C=O) groups excluding carboxylic acids is 1. The molecule has 0 N–H and O–H groups in total. The maximum atomic E-state index is 12.6. The van der Waals surface area contributed by atoms with E-state index in [1.54, 1.807) is 39.5 Å². The van der Waals surface area contributed by atoms with E-state index in [9.17, 15) is 4.79 Å². The van der Waals surface area contributed by atoms with Crippen molar-refractivity contribution in [3.05, 3.63) is 53.1 Å². The van der Waals surface area contributed by atoms with E-state index in [0.717, 1.165) is 16.9 Å². The molecule has 0 amide bonds. The maximum Gasteiger partial charge on any atom is 0.171 e. The van der Waals surface area contributed by atoms with Crippen molar-refractivity contribution in [1.82, 2.24) is 0 Å². The van der Waals surface area contributed by atoms with E-state index in [1.807, 2.05) is 25.1 Å². The SMILES string of the molecule is COc1ccc(OC)c(C(=O)Cc2ccc(C)c(OC)c2)c1. The van der Waals surface area contributed by atoms with Gasteiger partial charge in [0.05, 0.1) is 26.9 Å². The summed E-state index contributed by atoms with van der Waals surface area (Å²) in [4.78, 5) is 12.6. The Morgan fingerprint density at radius 3 is 2.27 bits per heavy atom. The molecule has 0 fully saturated rings. The molecule has 0 saturated carbocycles. The Kier molecular flexibility index (Phi) is 5.04. The van der Waals surface area contributed by atoms with E-state index in [1.165, 1.54) is 0 Å². The van der Waals surface area contributed by atoms with Gasteiger partial charge in [-0.3, -0.25) is 4.79 Å². The molecule has 4 heteroatoms. The molecule has 0 aliphatic rings. The summed E-state index contributed by atoms with van der Waals surface area (Å²) >= 11 is 0. The fraction of sp³-hybridized carbons (Fsp3) is 0.278. The minimum atomic E-state index is -0.0262. The minimum Gasteiger partial charge on any atom is -0.497 e. The van der Waals surface area contributed by atoms with Crippen molar-refractivity contribution in [2.24, 2.45) is 0 Å². The Hall–Kier alpha value is -2.49. The predicted octanol–water partition coefficient (Wildman–Crippen LogP) is 3.45. The van der Waals surface area contributed by atoms with E-state index in [2.05, 4.69) is 0 Å². The van der Waals surface area contributed by atoms with Gasteiger partial charge in [-0.05, 0) is 42.3 Å². The van der Waals surface area contributed by atoms with Gasteiger partial charge in [0.25, 0.3) is 0 Å². The quantitative estimate of drug-likeness (QED) is 0.767. The summed E-state index contributed by atoms with van der Waals surface area (Å²) in [6.45, 7) is 1.97. The molecule has 2 aromatic carbocycles. The lowest BCUT2D eigenvalue weighted by Gasteiger charge is -2.11. The summed E-state index contributed by atoms with van der Waals surface area (Å²) in [6.07, 6.45) is 0.278. The third kappa shape index (κ3) is 3.39. The second kappa shape index (κ2) is 6.98. The fourth-order valence-electron chi connectivity index (χ4n) is 2.29. The molecule has 2 aromatic rings. The first-order valence-corrected chi connectivity index (χ1v) is 6.97. The first-order valence-electron chi connectivity index (χ1n) is 6.97. The molecule has 0 aliphatic carbocycles. The van der Waals surface area contributed by atoms with Gasteiger partial charge < -0.3 is 14.2 Å². The highest BCUT2D eigenvalue weighted by molar-refractivity contribution is 6.00. The number of ether oxygens (including phenoxy) is 3. The highest BCUT2D eigenvalue weighted by Crippen LogP contribution is 2.26. The summed E-state index contributed by atoms with van der Waals surface area (Å²) in [6, 6.07) is 11.0. The molecule has 116 valence electrons. The Morgan fingerprint density at radius 1 is 0.909 bits per heavy atom. The fourth-order valence-corrected chi connectivity index (χ4v) is 2.29. The van der Waals surface area contributed by atoms with Crippen LogP contribution in [-0.2, 0) is 6.42 Å². The van der Waals surface area contributed by atoms with Crippen molar-refractivity contribution in [3.8, 4) is 17.2 Å². The van der Waals surface area contributed by atoms with Crippen LogP contribution in [0.25, 0.3) is 0 Å². The molecular weight excluding hydrogens is 280 g/mol. The number of hydrogen-bond acceptors (Lipinski definition) is 4. The van der Waals surface area contributed by atoms with Crippen molar-refractivity contribution in [3.63, 3.8) is 0 Å². The van der Waals surface area contributed by atoms with Crippen molar-refractivity contribution in [2.45, 2.75) is 13.3 Å². The van der Waals surface area contributed by atoms with Gasteiger partial charge in [0.2, 0.25) is 0 Å². The second-order valence-corrected chi connectivity index (χ2v) is 4.97. The highest BCUT2D eigenvalue weighted by Gasteiger charge is 2.15. The van der Waals surface area contributed by atoms with Gasteiger partial charge in [0, 0.05) is 6.42 Å². The molecule has 0 spiro atoms. The van der Waals surface area contributed by atoms with Crippen LogP contribution in [0.5, 0.6) is 17.2 Å². The van der Waals surface area contributed by atoms with E-state index in [0.29, 0.717) is 17.1 Å². The van der Waals surface area contributed by atoms with E-state index >= 15 is 0 Å². The molecule has 4 nitrogen and oxygen atoms in total. The van der Waals surface area contributed by atoms with E-state index in [4.69, 9.17) is 14.2 Å². The molecule has 0 aromatic heterocycles. The number of aryl methyl sites for hydroxylation is 1. The predicted molar refractivity (Wildman–Crippen MR) is 85.3 cm³/mol. The number of rotatable bonds is 6. The first kappa shape index (κ1) is 15.9. The summed E-state index contributed by atoms with van der Waals surface area (Å²) < 4.78 is 15.7. The second-order valence-electron chi connectivity index (χ2n) is 4.97. The Morgan fingerprint density at radius 2 is 1.64 bits per heavy atom. The smallest absolute Gasteiger partial charge is 0.171 e.